The number of fused-ring (bicyclic) bond motifs is 7. The van der Waals surface area contributed by atoms with Crippen LogP contribution in [0.1, 0.15) is 51.7 Å². The fourth-order valence-electron chi connectivity index (χ4n) is 10.6. The summed E-state index contributed by atoms with van der Waals surface area (Å²) in [5, 5.41) is 10.7. The van der Waals surface area contributed by atoms with Gasteiger partial charge in [-0.25, -0.2) is 0 Å². The van der Waals surface area contributed by atoms with Gasteiger partial charge in [0.25, 0.3) is 0 Å². The molecule has 0 N–H and O–H groups in total. The molecular weight excluding hydrogens is 729 g/mol. The van der Waals surface area contributed by atoms with Crippen LogP contribution in [-0.4, -0.2) is 17.2 Å². The molecule has 2 aromatic heterocycles. The second-order valence-corrected chi connectivity index (χ2v) is 21.8. The van der Waals surface area contributed by atoms with E-state index in [0.717, 1.165) is 0 Å². The van der Waals surface area contributed by atoms with Crippen LogP contribution in [0.25, 0.3) is 55.0 Å². The fourth-order valence-corrected chi connectivity index (χ4v) is 15.4. The Morgan fingerprint density at radius 1 is 0.339 bits per heavy atom. The first kappa shape index (κ1) is 35.7. The molecule has 1 aliphatic carbocycles. The molecule has 3 heteroatoms. The molecule has 10 aromatic rings. The summed E-state index contributed by atoms with van der Waals surface area (Å²) < 4.78 is 4.88. The molecule has 0 fully saturated rings. The zero-order valence-corrected chi connectivity index (χ0v) is 35.3. The molecule has 8 aromatic carbocycles. The molecule has 2 nitrogen and oxygen atoms in total. The highest BCUT2D eigenvalue weighted by Crippen LogP contribution is 2.45. The van der Waals surface area contributed by atoms with E-state index in [1.807, 2.05) is 0 Å². The maximum absolute atomic E-state index is 2.85. The van der Waals surface area contributed by atoms with Crippen LogP contribution in [0, 0.1) is 0 Å². The van der Waals surface area contributed by atoms with Gasteiger partial charge in [0.05, 0.1) is 22.1 Å². The first-order chi connectivity index (χ1) is 28.8. The maximum Gasteiger partial charge on any atom is 0.179 e. The van der Waals surface area contributed by atoms with E-state index in [2.05, 4.69) is 231 Å². The van der Waals surface area contributed by atoms with E-state index in [0.29, 0.717) is 0 Å². The number of hydrogen-bond donors (Lipinski definition) is 0. The summed E-state index contributed by atoms with van der Waals surface area (Å²) in [6.45, 7) is 9.78. The third-order valence-corrected chi connectivity index (χ3v) is 18.5. The lowest BCUT2D eigenvalue weighted by Crippen LogP contribution is -2.74. The van der Waals surface area contributed by atoms with Crippen molar-refractivity contribution in [1.82, 2.24) is 9.13 Å². The van der Waals surface area contributed by atoms with Gasteiger partial charge >= 0.3 is 0 Å². The number of para-hydroxylation sites is 3. The van der Waals surface area contributed by atoms with Crippen LogP contribution >= 0.6 is 0 Å². The molecule has 0 spiro atoms. The number of nitrogens with zero attached hydrogens (tertiary/aromatic N) is 2. The maximum atomic E-state index is 2.64. The van der Waals surface area contributed by atoms with Crippen molar-refractivity contribution in [2.24, 2.45) is 0 Å². The average Bonchev–Trinajstić information content (AvgIpc) is 3.79. The summed E-state index contributed by atoms with van der Waals surface area (Å²) in [6, 6.07) is 73.5. The molecule has 0 bridgehead atoms. The molecule has 0 aliphatic heterocycles. The van der Waals surface area contributed by atoms with E-state index in [1.165, 1.54) is 99.7 Å². The molecule has 0 amide bonds. The Morgan fingerprint density at radius 2 is 0.780 bits per heavy atom. The van der Waals surface area contributed by atoms with Gasteiger partial charge in [-0.05, 0) is 104 Å². The van der Waals surface area contributed by atoms with Crippen LogP contribution in [0.15, 0.2) is 194 Å². The molecule has 0 unspecified atom stereocenters. The van der Waals surface area contributed by atoms with E-state index in [-0.39, 0.29) is 10.8 Å². The van der Waals surface area contributed by atoms with Crippen LogP contribution in [-0.2, 0) is 10.8 Å². The van der Waals surface area contributed by atoms with Crippen molar-refractivity contribution in [3.05, 3.63) is 205 Å². The van der Waals surface area contributed by atoms with Gasteiger partial charge < -0.3 is 9.13 Å². The standard InChI is InChI=1S/C56H48N2Si/c1-55(2)34-35-56(3,4)50-38-44(29-31-49(50)55)59(41-20-10-6-11-21-41,42-22-12-7-13-23-42)43-30-33-54-48(37-43)46-25-15-17-27-52(46)58(54)40-28-32-53-47(36-40)45-24-14-16-26-51(45)57(53)39-18-8-5-9-19-39/h5-33,36-38H,34-35H2,1-4H3. The lowest BCUT2D eigenvalue weighted by atomic mass is 9.63. The highest BCUT2D eigenvalue weighted by atomic mass is 28.3. The van der Waals surface area contributed by atoms with Crippen LogP contribution in [0.2, 0.25) is 0 Å². The Morgan fingerprint density at radius 3 is 1.39 bits per heavy atom. The van der Waals surface area contributed by atoms with E-state index >= 15 is 0 Å². The first-order valence-electron chi connectivity index (χ1n) is 21.1. The van der Waals surface area contributed by atoms with Crippen molar-refractivity contribution >= 4 is 72.4 Å². The molecule has 59 heavy (non-hydrogen) atoms. The van der Waals surface area contributed by atoms with Gasteiger partial charge in [-0.2, -0.15) is 0 Å². The minimum Gasteiger partial charge on any atom is -0.309 e. The zero-order chi connectivity index (χ0) is 39.9. The van der Waals surface area contributed by atoms with Gasteiger partial charge in [-0.3, -0.25) is 0 Å². The predicted molar refractivity (Wildman–Crippen MR) is 254 cm³/mol. The Balaban J connectivity index is 1.18. The SMILES string of the molecule is CC1(C)CCC(C)(C)c2cc([Si](c3ccccc3)(c3ccccc3)c3ccc4c(c3)c3ccccc3n4-c3ccc4c(c3)c3ccccc3n4-c3ccccc3)ccc21. The van der Waals surface area contributed by atoms with Gasteiger partial charge in [0.1, 0.15) is 0 Å². The summed E-state index contributed by atoms with van der Waals surface area (Å²) >= 11 is 0. The van der Waals surface area contributed by atoms with Gasteiger partial charge in [0.15, 0.2) is 8.07 Å². The van der Waals surface area contributed by atoms with Gasteiger partial charge in [-0.1, -0.05) is 173 Å². The minimum absolute atomic E-state index is 0.0975. The van der Waals surface area contributed by atoms with E-state index in [1.54, 1.807) is 0 Å². The summed E-state index contributed by atoms with van der Waals surface area (Å²) in [6.07, 6.45) is 2.39. The summed E-state index contributed by atoms with van der Waals surface area (Å²) in [5.74, 6) is 0. The van der Waals surface area contributed by atoms with Crippen LogP contribution in [0.3, 0.4) is 0 Å². The van der Waals surface area contributed by atoms with Gasteiger partial charge in [0, 0.05) is 32.9 Å². The smallest absolute Gasteiger partial charge is 0.179 e. The highest BCUT2D eigenvalue weighted by molar-refractivity contribution is 7.20. The second-order valence-electron chi connectivity index (χ2n) is 18.0. The molecule has 0 atom stereocenters. The average molecular weight is 777 g/mol. The van der Waals surface area contributed by atoms with Crippen molar-refractivity contribution < 1.29 is 0 Å². The Bertz CT molecular complexity index is 3170. The normalized spacial score (nSPS) is 14.9. The van der Waals surface area contributed by atoms with Crippen LogP contribution in [0.4, 0.5) is 0 Å². The Hall–Kier alpha value is -6.42. The number of aromatic nitrogens is 2. The van der Waals surface area contributed by atoms with Crippen molar-refractivity contribution in [2.75, 3.05) is 0 Å². The Labute approximate surface area is 348 Å². The molecule has 286 valence electrons. The number of rotatable bonds is 6. The van der Waals surface area contributed by atoms with Gasteiger partial charge in [-0.15, -0.1) is 0 Å². The van der Waals surface area contributed by atoms with Crippen molar-refractivity contribution in [3.63, 3.8) is 0 Å². The third kappa shape index (κ3) is 5.37. The lowest BCUT2D eigenvalue weighted by Gasteiger charge is -2.43. The van der Waals surface area contributed by atoms with Gasteiger partial charge in [0.2, 0.25) is 0 Å². The van der Waals surface area contributed by atoms with E-state index in [9.17, 15) is 0 Å². The largest absolute Gasteiger partial charge is 0.309 e. The molecule has 1 aliphatic rings. The topological polar surface area (TPSA) is 9.86 Å². The monoisotopic (exact) mass is 776 g/mol. The quantitative estimate of drug-likeness (QED) is 0.118. The third-order valence-electron chi connectivity index (χ3n) is 13.7. The van der Waals surface area contributed by atoms with Crippen LogP contribution in [0.5, 0.6) is 0 Å². The summed E-state index contributed by atoms with van der Waals surface area (Å²) in [4.78, 5) is 0. The molecular formula is C56H48N2Si. The van der Waals surface area contributed by atoms with Crippen LogP contribution < -0.4 is 20.7 Å². The molecule has 0 radical (unpaired) electrons. The van der Waals surface area contributed by atoms with Crippen molar-refractivity contribution in [1.29, 1.82) is 0 Å². The highest BCUT2D eigenvalue weighted by Gasteiger charge is 2.44. The summed E-state index contributed by atoms with van der Waals surface area (Å²) in [5.41, 5.74) is 10.5. The summed E-state index contributed by atoms with van der Waals surface area (Å²) in [7, 11) is -2.85. The Kier molecular flexibility index (Phi) is 8.06. The predicted octanol–water partition coefficient (Wildman–Crippen LogP) is 11.6. The number of hydrogen-bond acceptors (Lipinski definition) is 0. The molecule has 0 saturated carbocycles. The number of benzene rings is 8. The second kappa shape index (κ2) is 13.3. The van der Waals surface area contributed by atoms with E-state index < -0.39 is 8.07 Å². The molecule has 0 saturated heterocycles. The first-order valence-corrected chi connectivity index (χ1v) is 23.1. The van der Waals surface area contributed by atoms with E-state index in [4.69, 9.17) is 0 Å². The minimum atomic E-state index is -2.85. The fraction of sp³-hybridized carbons (Fsp3) is 0.143. The molecule has 2 heterocycles. The lowest BCUT2D eigenvalue weighted by molar-refractivity contribution is 0.332. The van der Waals surface area contributed by atoms with Crippen molar-refractivity contribution in [3.8, 4) is 11.4 Å². The molecule has 11 rings (SSSR count). The van der Waals surface area contributed by atoms with Crippen molar-refractivity contribution in [2.45, 2.75) is 51.4 Å². The zero-order valence-electron chi connectivity index (χ0n) is 34.3.